The van der Waals surface area contributed by atoms with Crippen LogP contribution in [0.4, 0.5) is 5.69 Å². The number of nitrogens with one attached hydrogen (secondary N) is 1. The summed E-state index contributed by atoms with van der Waals surface area (Å²) in [4.78, 5) is 16.8. The van der Waals surface area contributed by atoms with E-state index < -0.39 is 11.6 Å². The van der Waals surface area contributed by atoms with Gasteiger partial charge in [-0.15, -0.1) is 0 Å². The minimum absolute atomic E-state index is 0.298. The van der Waals surface area contributed by atoms with Gasteiger partial charge in [0.05, 0.1) is 29.0 Å². The Labute approximate surface area is 153 Å². The molecule has 142 valence electrons. The lowest BCUT2D eigenvalue weighted by molar-refractivity contribution is 0.0379. The molecule has 0 radical (unpaired) electrons. The molecule has 2 aromatic heterocycles. The van der Waals surface area contributed by atoms with Gasteiger partial charge in [0, 0.05) is 19.8 Å². The molecule has 0 atom stereocenters. The molecule has 0 aliphatic heterocycles. The van der Waals surface area contributed by atoms with E-state index in [0.29, 0.717) is 30.0 Å². The van der Waals surface area contributed by atoms with Crippen LogP contribution in [-0.4, -0.2) is 44.6 Å². The molecule has 0 amide bonds. The zero-order valence-corrected chi connectivity index (χ0v) is 15.8. The van der Waals surface area contributed by atoms with E-state index in [-0.39, 0.29) is 0 Å². The summed E-state index contributed by atoms with van der Waals surface area (Å²) in [6, 6.07) is 0. The van der Waals surface area contributed by atoms with E-state index in [1.165, 1.54) is 6.20 Å². The van der Waals surface area contributed by atoms with Crippen molar-refractivity contribution in [2.75, 3.05) is 18.5 Å². The number of pyridine rings is 1. The van der Waals surface area contributed by atoms with Gasteiger partial charge in [0.2, 0.25) is 0 Å². The predicted molar refractivity (Wildman–Crippen MR) is 100 cm³/mol. The molecule has 2 heterocycles. The Hall–Kier alpha value is -2.15. The molecule has 0 unspecified atom stereocenters. The Morgan fingerprint density at radius 2 is 2.04 bits per heavy atom. The lowest BCUT2D eigenvalue weighted by atomic mass is 9.94. The van der Waals surface area contributed by atoms with Crippen LogP contribution in [0.1, 0.15) is 61.5 Å². The fourth-order valence-corrected chi connectivity index (χ4v) is 3.78. The van der Waals surface area contributed by atoms with Gasteiger partial charge >= 0.3 is 5.97 Å². The first-order valence-electron chi connectivity index (χ1n) is 9.41. The predicted octanol–water partition coefficient (Wildman–Crippen LogP) is 2.95. The number of aromatic nitrogens is 3. The molecule has 1 aliphatic carbocycles. The SMILES string of the molecule is CCOC(=O)c1cnc2c(c(C)nn2C)c1NCC1(O)CCCCCC1. The lowest BCUT2D eigenvalue weighted by Gasteiger charge is -2.28. The molecule has 1 aliphatic rings. The molecular weight excluding hydrogens is 332 g/mol. The fourth-order valence-electron chi connectivity index (χ4n) is 3.78. The second-order valence-corrected chi connectivity index (χ2v) is 7.17. The Balaban J connectivity index is 1.98. The first-order chi connectivity index (χ1) is 12.4. The molecule has 3 rings (SSSR count). The smallest absolute Gasteiger partial charge is 0.341 e. The number of ether oxygens (including phenoxy) is 1. The quantitative estimate of drug-likeness (QED) is 0.629. The molecule has 2 aromatic rings. The van der Waals surface area contributed by atoms with E-state index in [4.69, 9.17) is 4.74 Å². The van der Waals surface area contributed by atoms with E-state index in [2.05, 4.69) is 15.4 Å². The van der Waals surface area contributed by atoms with Crippen LogP contribution in [0.3, 0.4) is 0 Å². The number of carbonyl (C=O) groups is 1. The van der Waals surface area contributed by atoms with E-state index >= 15 is 0 Å². The number of nitrogens with zero attached hydrogens (tertiary/aromatic N) is 3. The van der Waals surface area contributed by atoms with Crippen molar-refractivity contribution in [3.05, 3.63) is 17.5 Å². The number of esters is 1. The molecule has 26 heavy (non-hydrogen) atoms. The Bertz CT molecular complexity index is 792. The highest BCUT2D eigenvalue weighted by Crippen LogP contribution is 2.32. The van der Waals surface area contributed by atoms with Gasteiger partial charge in [-0.3, -0.25) is 4.68 Å². The van der Waals surface area contributed by atoms with E-state index in [1.807, 2.05) is 14.0 Å². The maximum Gasteiger partial charge on any atom is 0.341 e. The van der Waals surface area contributed by atoms with Crippen LogP contribution in [0, 0.1) is 6.92 Å². The van der Waals surface area contributed by atoms with Crippen LogP contribution in [0.25, 0.3) is 11.0 Å². The molecule has 0 bridgehead atoms. The van der Waals surface area contributed by atoms with Crippen molar-refractivity contribution in [2.45, 2.75) is 58.0 Å². The summed E-state index contributed by atoms with van der Waals surface area (Å²) in [5.74, 6) is -0.416. The average Bonchev–Trinajstić information content (AvgIpc) is 2.77. The number of hydrogen-bond donors (Lipinski definition) is 2. The largest absolute Gasteiger partial charge is 0.462 e. The standard InChI is InChI=1S/C19H28N4O3/c1-4-26-18(24)14-11-20-17-15(13(2)22-23(17)3)16(14)21-12-19(25)9-7-5-6-8-10-19/h11,25H,4-10,12H2,1-3H3,(H,20,21). The van der Waals surface area contributed by atoms with E-state index in [1.54, 1.807) is 11.6 Å². The number of anilines is 1. The molecule has 0 saturated heterocycles. The van der Waals surface area contributed by atoms with Crippen LogP contribution < -0.4 is 5.32 Å². The first kappa shape index (κ1) is 18.6. The monoisotopic (exact) mass is 360 g/mol. The highest BCUT2D eigenvalue weighted by molar-refractivity contribution is 6.05. The number of aryl methyl sites for hydroxylation is 2. The summed E-state index contributed by atoms with van der Waals surface area (Å²) >= 11 is 0. The highest BCUT2D eigenvalue weighted by Gasteiger charge is 2.29. The van der Waals surface area contributed by atoms with Gasteiger partial charge in [-0.2, -0.15) is 5.10 Å². The minimum atomic E-state index is -0.756. The zero-order valence-electron chi connectivity index (χ0n) is 15.8. The second-order valence-electron chi connectivity index (χ2n) is 7.17. The third-order valence-corrected chi connectivity index (χ3v) is 5.15. The van der Waals surface area contributed by atoms with Crippen molar-refractivity contribution in [3.8, 4) is 0 Å². The van der Waals surface area contributed by atoms with Crippen molar-refractivity contribution in [1.29, 1.82) is 0 Å². The molecule has 7 nitrogen and oxygen atoms in total. The maximum absolute atomic E-state index is 12.4. The lowest BCUT2D eigenvalue weighted by Crippen LogP contribution is -2.36. The van der Waals surface area contributed by atoms with Crippen molar-refractivity contribution in [2.24, 2.45) is 7.05 Å². The summed E-state index contributed by atoms with van der Waals surface area (Å²) in [6.07, 6.45) is 7.46. The summed E-state index contributed by atoms with van der Waals surface area (Å²) in [5.41, 5.74) is 1.76. The van der Waals surface area contributed by atoms with E-state index in [0.717, 1.165) is 49.6 Å². The van der Waals surface area contributed by atoms with Crippen LogP contribution in [0.15, 0.2) is 6.20 Å². The van der Waals surface area contributed by atoms with E-state index in [9.17, 15) is 9.90 Å². The first-order valence-corrected chi connectivity index (χ1v) is 9.41. The van der Waals surface area contributed by atoms with Gasteiger partial charge in [0.15, 0.2) is 5.65 Å². The molecule has 0 spiro atoms. The summed E-state index contributed by atoms with van der Waals surface area (Å²) in [7, 11) is 1.83. The molecule has 2 N–H and O–H groups in total. The normalized spacial score (nSPS) is 17.1. The molecule has 1 fully saturated rings. The summed E-state index contributed by atoms with van der Waals surface area (Å²) < 4.78 is 6.89. The van der Waals surface area contributed by atoms with Crippen molar-refractivity contribution in [3.63, 3.8) is 0 Å². The third-order valence-electron chi connectivity index (χ3n) is 5.15. The van der Waals surface area contributed by atoms with Gasteiger partial charge in [0.25, 0.3) is 0 Å². The van der Waals surface area contributed by atoms with Crippen LogP contribution in [0.5, 0.6) is 0 Å². The van der Waals surface area contributed by atoms with Gasteiger partial charge in [-0.25, -0.2) is 9.78 Å². The Morgan fingerprint density at radius 1 is 1.35 bits per heavy atom. The van der Waals surface area contributed by atoms with Gasteiger partial charge in [-0.05, 0) is 26.7 Å². The maximum atomic E-state index is 12.4. The molecule has 7 heteroatoms. The molecular formula is C19H28N4O3. The zero-order chi connectivity index (χ0) is 18.7. The number of hydrogen-bond acceptors (Lipinski definition) is 6. The van der Waals surface area contributed by atoms with Crippen LogP contribution in [0.2, 0.25) is 0 Å². The number of rotatable bonds is 5. The van der Waals surface area contributed by atoms with Crippen LogP contribution >= 0.6 is 0 Å². The summed E-state index contributed by atoms with van der Waals surface area (Å²) in [6.45, 7) is 4.37. The molecule has 1 saturated carbocycles. The van der Waals surface area contributed by atoms with Crippen molar-refractivity contribution < 1.29 is 14.6 Å². The number of fused-ring (bicyclic) bond motifs is 1. The average molecular weight is 360 g/mol. The third kappa shape index (κ3) is 3.67. The van der Waals surface area contributed by atoms with Crippen molar-refractivity contribution in [1.82, 2.24) is 14.8 Å². The Kier molecular flexibility index (Phi) is 5.46. The van der Waals surface area contributed by atoms with Crippen LogP contribution in [-0.2, 0) is 11.8 Å². The summed E-state index contributed by atoms with van der Waals surface area (Å²) in [5, 5.41) is 19.5. The Morgan fingerprint density at radius 3 is 2.69 bits per heavy atom. The second kappa shape index (κ2) is 7.61. The van der Waals surface area contributed by atoms with Gasteiger partial charge in [0.1, 0.15) is 5.56 Å². The topological polar surface area (TPSA) is 89.3 Å². The molecule has 0 aromatic carbocycles. The van der Waals surface area contributed by atoms with Gasteiger partial charge in [-0.1, -0.05) is 25.7 Å². The number of carbonyl (C=O) groups excluding carboxylic acids is 1. The van der Waals surface area contributed by atoms with Gasteiger partial charge < -0.3 is 15.2 Å². The number of aliphatic hydroxyl groups is 1. The fraction of sp³-hybridized carbons (Fsp3) is 0.632. The highest BCUT2D eigenvalue weighted by atomic mass is 16.5. The van der Waals surface area contributed by atoms with Crippen molar-refractivity contribution >= 4 is 22.7 Å². The minimum Gasteiger partial charge on any atom is -0.462 e.